The average molecular weight is 343 g/mol. The lowest BCUT2D eigenvalue weighted by molar-refractivity contribution is -0.176. The molecule has 0 atom stereocenters. The number of halogens is 1. The molecule has 134 valence electrons. The number of hydrogen-bond donors (Lipinski definition) is 1. The summed E-state index contributed by atoms with van der Waals surface area (Å²) in [6, 6.07) is 11.4. The predicted octanol–water partition coefficient (Wildman–Crippen LogP) is 4.24. The van der Waals surface area contributed by atoms with Crippen LogP contribution in [0.15, 0.2) is 36.4 Å². The minimum atomic E-state index is -0.274. The Hall–Kier alpha value is -1.95. The number of nitrogens with zero attached hydrogens (tertiary/aromatic N) is 2. The molecule has 0 spiro atoms. The van der Waals surface area contributed by atoms with E-state index >= 15 is 0 Å². The monoisotopic (exact) mass is 343 g/mol. The van der Waals surface area contributed by atoms with Gasteiger partial charge in [0.15, 0.2) is 0 Å². The van der Waals surface area contributed by atoms with Gasteiger partial charge >= 0.3 is 0 Å². The lowest BCUT2D eigenvalue weighted by atomic mass is 10.1. The molecule has 25 heavy (non-hydrogen) atoms. The lowest BCUT2D eigenvalue weighted by Crippen LogP contribution is -2.38. The van der Waals surface area contributed by atoms with E-state index < -0.39 is 0 Å². The molecule has 0 aromatic heterocycles. The van der Waals surface area contributed by atoms with Crippen molar-refractivity contribution in [3.8, 4) is 0 Å². The second-order valence-corrected chi connectivity index (χ2v) is 6.64. The van der Waals surface area contributed by atoms with Gasteiger partial charge in [0.2, 0.25) is 0 Å². The Bertz CT molecular complexity index is 735. The van der Waals surface area contributed by atoms with Crippen molar-refractivity contribution in [3.63, 3.8) is 0 Å². The lowest BCUT2D eigenvalue weighted by Gasteiger charge is -2.37. The SMILES string of the molecule is CNCCCCN1Cc2cc(C)ccc2N(c2ccc(C)cc2F)O1. The topological polar surface area (TPSA) is 27.7 Å². The summed E-state index contributed by atoms with van der Waals surface area (Å²) < 4.78 is 14.5. The fraction of sp³-hybridized carbons (Fsp3) is 0.400. The Labute approximate surface area is 149 Å². The first-order valence-electron chi connectivity index (χ1n) is 8.82. The molecule has 0 unspecified atom stereocenters. The first kappa shape index (κ1) is 17.9. The van der Waals surface area contributed by atoms with Crippen LogP contribution in [0.25, 0.3) is 0 Å². The molecular formula is C20H26FN3O. The molecule has 4 nitrogen and oxygen atoms in total. The van der Waals surface area contributed by atoms with Gasteiger partial charge in [0.25, 0.3) is 0 Å². The largest absolute Gasteiger partial charge is 0.320 e. The van der Waals surface area contributed by atoms with Gasteiger partial charge in [-0.05, 0) is 69.6 Å². The molecule has 5 heteroatoms. The first-order valence-corrected chi connectivity index (χ1v) is 8.82. The van der Waals surface area contributed by atoms with Crippen molar-refractivity contribution < 1.29 is 9.33 Å². The summed E-state index contributed by atoms with van der Waals surface area (Å²) in [5.41, 5.74) is 4.58. The zero-order valence-electron chi connectivity index (χ0n) is 15.2. The van der Waals surface area contributed by atoms with Crippen molar-refractivity contribution >= 4 is 11.4 Å². The van der Waals surface area contributed by atoms with Crippen LogP contribution in [-0.2, 0) is 11.5 Å². The van der Waals surface area contributed by atoms with Gasteiger partial charge in [-0.15, -0.1) is 0 Å². The highest BCUT2D eigenvalue weighted by atomic mass is 19.1. The van der Waals surface area contributed by atoms with Gasteiger partial charge in [0.1, 0.15) is 11.5 Å². The van der Waals surface area contributed by atoms with E-state index in [9.17, 15) is 4.39 Å². The standard InChI is InChI=1S/C20H26FN3O/c1-15-6-8-19-17(12-15)14-23(11-5-4-10-22-3)25-24(19)20-9-7-16(2)13-18(20)21/h6-9,12-13,22H,4-5,10-11,14H2,1-3H3. The Morgan fingerprint density at radius 1 is 1.04 bits per heavy atom. The summed E-state index contributed by atoms with van der Waals surface area (Å²) in [6.45, 7) is 6.46. The maximum atomic E-state index is 14.5. The van der Waals surface area contributed by atoms with Gasteiger partial charge in [-0.2, -0.15) is 15.1 Å². The minimum absolute atomic E-state index is 0.274. The van der Waals surface area contributed by atoms with Crippen LogP contribution in [0.2, 0.25) is 0 Å². The summed E-state index contributed by atoms with van der Waals surface area (Å²) in [6.07, 6.45) is 2.10. The molecule has 1 N–H and O–H groups in total. The maximum absolute atomic E-state index is 14.5. The summed E-state index contributed by atoms with van der Waals surface area (Å²) >= 11 is 0. The van der Waals surface area contributed by atoms with Crippen LogP contribution in [0.1, 0.15) is 29.5 Å². The zero-order chi connectivity index (χ0) is 17.8. The van der Waals surface area contributed by atoms with Crippen LogP contribution in [0, 0.1) is 19.7 Å². The maximum Gasteiger partial charge on any atom is 0.149 e. The third-order valence-corrected chi connectivity index (χ3v) is 4.40. The zero-order valence-corrected chi connectivity index (χ0v) is 15.2. The number of benzene rings is 2. The molecule has 0 amide bonds. The minimum Gasteiger partial charge on any atom is -0.320 e. The van der Waals surface area contributed by atoms with Crippen LogP contribution in [0.3, 0.4) is 0 Å². The molecule has 0 bridgehead atoms. The van der Waals surface area contributed by atoms with Gasteiger partial charge in [-0.3, -0.25) is 0 Å². The van der Waals surface area contributed by atoms with E-state index in [-0.39, 0.29) is 5.82 Å². The van der Waals surface area contributed by atoms with Gasteiger partial charge in [0.05, 0.1) is 12.2 Å². The normalized spacial score (nSPS) is 14.6. The molecule has 0 saturated heterocycles. The number of fused-ring (bicyclic) bond motifs is 1. The highest BCUT2D eigenvalue weighted by molar-refractivity contribution is 5.66. The number of unbranched alkanes of at least 4 members (excludes halogenated alkanes) is 1. The van der Waals surface area contributed by atoms with Crippen LogP contribution >= 0.6 is 0 Å². The molecule has 0 aliphatic carbocycles. The van der Waals surface area contributed by atoms with E-state index in [2.05, 4.69) is 18.3 Å². The molecule has 2 aromatic rings. The smallest absolute Gasteiger partial charge is 0.149 e. The Morgan fingerprint density at radius 2 is 1.76 bits per heavy atom. The average Bonchev–Trinajstić information content (AvgIpc) is 2.58. The number of hydrogen-bond acceptors (Lipinski definition) is 4. The molecule has 0 saturated carbocycles. The van der Waals surface area contributed by atoms with E-state index in [1.54, 1.807) is 17.2 Å². The molecular weight excluding hydrogens is 317 g/mol. The quantitative estimate of drug-likeness (QED) is 0.794. The summed E-state index contributed by atoms with van der Waals surface area (Å²) in [7, 11) is 1.96. The van der Waals surface area contributed by atoms with Crippen LogP contribution in [0.4, 0.5) is 15.8 Å². The van der Waals surface area contributed by atoms with Crippen molar-refractivity contribution in [2.45, 2.75) is 33.2 Å². The molecule has 1 aliphatic heterocycles. The van der Waals surface area contributed by atoms with Crippen molar-refractivity contribution in [2.75, 3.05) is 25.2 Å². The van der Waals surface area contributed by atoms with E-state index in [0.717, 1.165) is 42.7 Å². The number of aryl methyl sites for hydroxylation is 2. The molecule has 1 aliphatic rings. The number of nitrogens with one attached hydrogen (secondary N) is 1. The van der Waals surface area contributed by atoms with E-state index in [1.807, 2.05) is 37.2 Å². The fourth-order valence-electron chi connectivity index (χ4n) is 3.08. The van der Waals surface area contributed by atoms with Gasteiger partial charge in [-0.25, -0.2) is 4.39 Å². The van der Waals surface area contributed by atoms with E-state index in [1.165, 1.54) is 5.56 Å². The third-order valence-electron chi connectivity index (χ3n) is 4.40. The number of hydroxylamine groups is 2. The highest BCUT2D eigenvalue weighted by Crippen LogP contribution is 2.36. The third kappa shape index (κ3) is 4.18. The number of anilines is 2. The van der Waals surface area contributed by atoms with Crippen molar-refractivity contribution in [1.29, 1.82) is 0 Å². The summed E-state index contributed by atoms with van der Waals surface area (Å²) in [5, 5.41) is 6.69. The Morgan fingerprint density at radius 3 is 2.48 bits per heavy atom. The van der Waals surface area contributed by atoms with E-state index in [0.29, 0.717) is 12.2 Å². The second-order valence-electron chi connectivity index (χ2n) is 6.64. The van der Waals surface area contributed by atoms with E-state index in [4.69, 9.17) is 4.94 Å². The van der Waals surface area contributed by atoms with Crippen molar-refractivity contribution in [3.05, 3.63) is 58.9 Å². The molecule has 3 rings (SSSR count). The van der Waals surface area contributed by atoms with Crippen LogP contribution in [-0.4, -0.2) is 25.2 Å². The summed E-state index contributed by atoms with van der Waals surface area (Å²) in [4.78, 5) is 6.05. The molecule has 2 aromatic carbocycles. The molecule has 0 radical (unpaired) electrons. The molecule has 0 fully saturated rings. The highest BCUT2D eigenvalue weighted by Gasteiger charge is 2.27. The number of rotatable bonds is 6. The van der Waals surface area contributed by atoms with Gasteiger partial charge in [0, 0.05) is 6.54 Å². The Kier molecular flexibility index (Phi) is 5.68. The predicted molar refractivity (Wildman–Crippen MR) is 99.1 cm³/mol. The fourth-order valence-corrected chi connectivity index (χ4v) is 3.08. The van der Waals surface area contributed by atoms with Gasteiger partial charge in [-0.1, -0.05) is 23.8 Å². The first-order chi connectivity index (χ1) is 12.1. The van der Waals surface area contributed by atoms with Gasteiger partial charge < -0.3 is 5.32 Å². The Balaban J connectivity index is 1.87. The molecule has 1 heterocycles. The second kappa shape index (κ2) is 7.95. The van der Waals surface area contributed by atoms with Crippen LogP contribution < -0.4 is 10.4 Å². The van der Waals surface area contributed by atoms with Crippen molar-refractivity contribution in [1.82, 2.24) is 10.4 Å². The van der Waals surface area contributed by atoms with Crippen LogP contribution in [0.5, 0.6) is 0 Å². The van der Waals surface area contributed by atoms with Crippen molar-refractivity contribution in [2.24, 2.45) is 0 Å². The summed E-state index contributed by atoms with van der Waals surface area (Å²) in [5.74, 6) is -0.274.